The summed E-state index contributed by atoms with van der Waals surface area (Å²) in [6, 6.07) is 19.0. The molecule has 1 nitrogen and oxygen atoms in total. The first kappa shape index (κ1) is 9.78. The molecule has 0 amide bonds. The quantitative estimate of drug-likeness (QED) is 0.423. The zero-order valence-electron chi connectivity index (χ0n) is 10.1. The molecule has 0 atom stereocenters. The summed E-state index contributed by atoms with van der Waals surface area (Å²) in [6.45, 7) is 0. The lowest BCUT2D eigenvalue weighted by Gasteiger charge is -1.98. The summed E-state index contributed by atoms with van der Waals surface area (Å²) in [5.41, 5.74) is 3.19. The fourth-order valence-electron chi connectivity index (χ4n) is 2.66. The van der Waals surface area contributed by atoms with Gasteiger partial charge in [-0.2, -0.15) is 0 Å². The van der Waals surface area contributed by atoms with Crippen LogP contribution in [0.15, 0.2) is 59.0 Å². The molecule has 0 radical (unpaired) electrons. The van der Waals surface area contributed by atoms with Crippen LogP contribution >= 0.6 is 0 Å². The molecule has 0 saturated heterocycles. The lowest BCUT2D eigenvalue weighted by atomic mass is 9.94. The highest BCUT2D eigenvalue weighted by molar-refractivity contribution is 6.34. The molecule has 0 N–H and O–H groups in total. The molecule has 0 unspecified atom stereocenters. The van der Waals surface area contributed by atoms with Crippen molar-refractivity contribution >= 4 is 46.0 Å². The zero-order chi connectivity index (χ0) is 12.1. The van der Waals surface area contributed by atoms with Gasteiger partial charge in [0.1, 0.15) is 19.0 Å². The predicted molar refractivity (Wildman–Crippen MR) is 79.4 cm³/mol. The minimum atomic E-state index is 0.965. The molecule has 0 aliphatic heterocycles. The third kappa shape index (κ3) is 1.23. The first-order valence-corrected chi connectivity index (χ1v) is 6.13. The van der Waals surface area contributed by atoms with E-state index in [0.717, 1.165) is 11.2 Å². The van der Waals surface area contributed by atoms with E-state index in [1.807, 2.05) is 0 Å². The van der Waals surface area contributed by atoms with Crippen LogP contribution in [0.3, 0.4) is 0 Å². The van der Waals surface area contributed by atoms with Crippen LogP contribution in [0.25, 0.3) is 32.7 Å². The number of benzene rings is 3. The molecule has 2 heteroatoms. The summed E-state index contributed by atoms with van der Waals surface area (Å²) in [6.07, 6.45) is 0. The molecule has 84 valence electrons. The van der Waals surface area contributed by atoms with Crippen molar-refractivity contribution in [2.45, 2.75) is 0 Å². The minimum Gasteiger partial charge on any atom is -0.456 e. The van der Waals surface area contributed by atoms with Crippen molar-refractivity contribution in [1.82, 2.24) is 0 Å². The highest BCUT2D eigenvalue weighted by atomic mass is 16.3. The van der Waals surface area contributed by atoms with E-state index in [2.05, 4.69) is 62.4 Å². The highest BCUT2D eigenvalue weighted by Crippen LogP contribution is 2.33. The Labute approximate surface area is 105 Å². The van der Waals surface area contributed by atoms with Crippen LogP contribution in [0.5, 0.6) is 0 Å². The monoisotopic (exact) mass is 230 g/mol. The molecule has 0 saturated carbocycles. The van der Waals surface area contributed by atoms with Gasteiger partial charge in [0.05, 0.1) is 0 Å². The van der Waals surface area contributed by atoms with Gasteiger partial charge in [-0.05, 0) is 22.9 Å². The maximum atomic E-state index is 5.92. The van der Waals surface area contributed by atoms with Crippen molar-refractivity contribution < 1.29 is 4.42 Å². The SMILES string of the molecule is Bc1ccc2oc3ccc4ccccc4c3c2c1. The zero-order valence-corrected chi connectivity index (χ0v) is 10.1. The summed E-state index contributed by atoms with van der Waals surface area (Å²) in [5.74, 6) is 0. The standard InChI is InChI=1S/C16H11BO/c17-11-6-8-14-13(9-11)16-12-4-2-1-3-10(12)5-7-15(16)18-14/h1-9H,17H2. The normalized spacial score (nSPS) is 11.6. The van der Waals surface area contributed by atoms with Crippen LogP contribution in [0.4, 0.5) is 0 Å². The molecule has 18 heavy (non-hydrogen) atoms. The van der Waals surface area contributed by atoms with Gasteiger partial charge in [-0.3, -0.25) is 0 Å². The summed E-state index contributed by atoms with van der Waals surface area (Å²) < 4.78 is 5.92. The van der Waals surface area contributed by atoms with Gasteiger partial charge in [-0.15, -0.1) is 0 Å². The Bertz CT molecular complexity index is 889. The summed E-state index contributed by atoms with van der Waals surface area (Å²) in [4.78, 5) is 0. The van der Waals surface area contributed by atoms with Crippen molar-refractivity contribution in [2.24, 2.45) is 0 Å². The van der Waals surface area contributed by atoms with E-state index in [0.29, 0.717) is 0 Å². The van der Waals surface area contributed by atoms with Gasteiger partial charge < -0.3 is 4.42 Å². The van der Waals surface area contributed by atoms with E-state index >= 15 is 0 Å². The van der Waals surface area contributed by atoms with Crippen LogP contribution in [-0.4, -0.2) is 7.85 Å². The second kappa shape index (κ2) is 3.39. The van der Waals surface area contributed by atoms with Gasteiger partial charge in [-0.25, -0.2) is 0 Å². The molecule has 1 heterocycles. The Kier molecular flexibility index (Phi) is 1.84. The second-order valence-electron chi connectivity index (χ2n) is 4.76. The van der Waals surface area contributed by atoms with Gasteiger partial charge in [0.2, 0.25) is 0 Å². The van der Waals surface area contributed by atoms with Crippen LogP contribution in [0, 0.1) is 0 Å². The third-order valence-electron chi connectivity index (χ3n) is 3.52. The van der Waals surface area contributed by atoms with E-state index < -0.39 is 0 Å². The summed E-state index contributed by atoms with van der Waals surface area (Å²) in [7, 11) is 2.11. The van der Waals surface area contributed by atoms with Crippen LogP contribution in [-0.2, 0) is 0 Å². The fourth-order valence-corrected chi connectivity index (χ4v) is 2.66. The molecular weight excluding hydrogens is 219 g/mol. The summed E-state index contributed by atoms with van der Waals surface area (Å²) >= 11 is 0. The first-order valence-electron chi connectivity index (χ1n) is 6.13. The second-order valence-corrected chi connectivity index (χ2v) is 4.76. The molecule has 4 rings (SSSR count). The third-order valence-corrected chi connectivity index (χ3v) is 3.52. The van der Waals surface area contributed by atoms with Crippen LogP contribution in [0.1, 0.15) is 0 Å². The minimum absolute atomic E-state index is 0.965. The van der Waals surface area contributed by atoms with Gasteiger partial charge in [0.15, 0.2) is 0 Å². The number of fused-ring (bicyclic) bond motifs is 5. The van der Waals surface area contributed by atoms with Gasteiger partial charge in [0.25, 0.3) is 0 Å². The van der Waals surface area contributed by atoms with Crippen molar-refractivity contribution in [1.29, 1.82) is 0 Å². The van der Waals surface area contributed by atoms with E-state index in [1.165, 1.54) is 27.0 Å². The maximum absolute atomic E-state index is 5.92. The Morgan fingerprint density at radius 2 is 1.61 bits per heavy atom. The van der Waals surface area contributed by atoms with E-state index in [1.54, 1.807) is 0 Å². The molecule has 0 bridgehead atoms. The average molecular weight is 230 g/mol. The molecular formula is C16H11BO. The lowest BCUT2D eigenvalue weighted by Crippen LogP contribution is -1.98. The molecule has 0 fully saturated rings. The van der Waals surface area contributed by atoms with Crippen molar-refractivity contribution in [3.8, 4) is 0 Å². The molecule has 0 spiro atoms. The average Bonchev–Trinajstić information content (AvgIpc) is 2.77. The Balaban J connectivity index is 2.35. The Morgan fingerprint density at radius 1 is 0.778 bits per heavy atom. The Hall–Kier alpha value is -2.22. The van der Waals surface area contributed by atoms with Gasteiger partial charge in [0, 0.05) is 10.8 Å². The summed E-state index contributed by atoms with van der Waals surface area (Å²) in [5, 5.41) is 4.96. The number of rotatable bonds is 0. The fraction of sp³-hybridized carbons (Fsp3) is 0. The Morgan fingerprint density at radius 3 is 2.56 bits per heavy atom. The van der Waals surface area contributed by atoms with Crippen molar-refractivity contribution in [3.05, 3.63) is 54.6 Å². The van der Waals surface area contributed by atoms with Crippen molar-refractivity contribution in [3.63, 3.8) is 0 Å². The molecule has 4 aromatic rings. The molecule has 0 aliphatic rings. The van der Waals surface area contributed by atoms with Gasteiger partial charge >= 0.3 is 0 Å². The predicted octanol–water partition coefficient (Wildman–Crippen LogP) is 3.00. The topological polar surface area (TPSA) is 13.1 Å². The smallest absolute Gasteiger partial charge is 0.139 e. The molecule has 0 aliphatic carbocycles. The molecule has 1 aromatic heterocycles. The number of hydrogen-bond donors (Lipinski definition) is 0. The van der Waals surface area contributed by atoms with Gasteiger partial charge in [-0.1, -0.05) is 47.9 Å². The number of hydrogen-bond acceptors (Lipinski definition) is 1. The van der Waals surface area contributed by atoms with Crippen molar-refractivity contribution in [2.75, 3.05) is 0 Å². The van der Waals surface area contributed by atoms with E-state index in [-0.39, 0.29) is 0 Å². The van der Waals surface area contributed by atoms with Crippen LogP contribution in [0.2, 0.25) is 0 Å². The lowest BCUT2D eigenvalue weighted by molar-refractivity contribution is 0.669. The maximum Gasteiger partial charge on any atom is 0.139 e. The van der Waals surface area contributed by atoms with Crippen LogP contribution < -0.4 is 5.46 Å². The van der Waals surface area contributed by atoms with E-state index in [4.69, 9.17) is 4.42 Å². The number of furan rings is 1. The molecule has 3 aromatic carbocycles. The van der Waals surface area contributed by atoms with E-state index in [9.17, 15) is 0 Å². The highest BCUT2D eigenvalue weighted by Gasteiger charge is 2.09. The largest absolute Gasteiger partial charge is 0.456 e. The first-order chi connectivity index (χ1) is 8.83.